The van der Waals surface area contributed by atoms with Crippen molar-refractivity contribution in [1.82, 2.24) is 0 Å². The van der Waals surface area contributed by atoms with Crippen molar-refractivity contribution in [2.24, 2.45) is 0 Å². The van der Waals surface area contributed by atoms with Crippen molar-refractivity contribution in [3.05, 3.63) is 87.1 Å². The van der Waals surface area contributed by atoms with Crippen molar-refractivity contribution in [3.8, 4) is 5.75 Å². The summed E-state index contributed by atoms with van der Waals surface area (Å²) in [6.45, 7) is 0. The van der Waals surface area contributed by atoms with E-state index in [0.717, 1.165) is 11.6 Å². The van der Waals surface area contributed by atoms with Crippen LogP contribution in [0.2, 0.25) is 0 Å². The van der Waals surface area contributed by atoms with E-state index in [1.165, 1.54) is 24.3 Å². The second kappa shape index (κ2) is 6.56. The van der Waals surface area contributed by atoms with Crippen molar-refractivity contribution in [2.75, 3.05) is 0 Å². The van der Waals surface area contributed by atoms with Gasteiger partial charge in [0.05, 0.1) is 0 Å². The molecule has 0 saturated carbocycles. The topological polar surface area (TPSA) is 97.7 Å². The van der Waals surface area contributed by atoms with E-state index in [4.69, 9.17) is 8.83 Å². The van der Waals surface area contributed by atoms with Gasteiger partial charge in [-0.15, -0.1) is 0 Å². The van der Waals surface area contributed by atoms with E-state index in [0.29, 0.717) is 12.2 Å². The molecule has 126 valence electrons. The number of furan rings is 1. The van der Waals surface area contributed by atoms with Crippen molar-refractivity contribution < 1.29 is 27.9 Å². The average molecular weight is 342 g/mol. The Balaban J connectivity index is 1.88. The number of carbonyl (C=O) groups is 2. The van der Waals surface area contributed by atoms with Crippen LogP contribution in [0.5, 0.6) is 5.75 Å². The zero-order chi connectivity index (χ0) is 18.0. The zero-order valence-corrected chi connectivity index (χ0v) is 12.7. The zero-order valence-electron chi connectivity index (χ0n) is 12.7. The van der Waals surface area contributed by atoms with Gasteiger partial charge in [-0.1, -0.05) is 12.1 Å². The molecule has 0 aliphatic heterocycles. The summed E-state index contributed by atoms with van der Waals surface area (Å²) in [7, 11) is 0. The van der Waals surface area contributed by atoms with E-state index in [-0.39, 0.29) is 23.6 Å². The molecule has 1 N–H and O–H groups in total. The molecule has 6 nitrogen and oxygen atoms in total. The molecule has 3 aromatic rings. The van der Waals surface area contributed by atoms with Gasteiger partial charge in [0, 0.05) is 12.5 Å². The van der Waals surface area contributed by atoms with Gasteiger partial charge in [-0.05, 0) is 29.8 Å². The summed E-state index contributed by atoms with van der Waals surface area (Å²) in [5, 5.41) is 9.70. The van der Waals surface area contributed by atoms with Gasteiger partial charge in [-0.25, -0.2) is 4.39 Å². The second-order valence-corrected chi connectivity index (χ2v) is 5.21. The minimum absolute atomic E-state index is 0.168. The quantitative estimate of drug-likeness (QED) is 0.565. The summed E-state index contributed by atoms with van der Waals surface area (Å²) in [6.07, 6.45) is 0.567. The summed E-state index contributed by atoms with van der Waals surface area (Å²) in [4.78, 5) is 34.6. The van der Waals surface area contributed by atoms with E-state index < -0.39 is 22.7 Å². The Morgan fingerprint density at radius 1 is 1.12 bits per heavy atom. The van der Waals surface area contributed by atoms with E-state index in [2.05, 4.69) is 0 Å². The fourth-order valence-corrected chi connectivity index (χ4v) is 2.23. The number of aromatic hydroxyl groups is 1. The van der Waals surface area contributed by atoms with Crippen LogP contribution in [0, 0.1) is 5.82 Å². The standard InChI is InChI=1S/C18H11FO6/c19-11-3-1-10(2-4-11)7-12-5-6-15(24-12)17(23)18-16(22)14(21)8-13(9-20)25-18/h1-6,8-9,22H,7H2. The van der Waals surface area contributed by atoms with E-state index in [1.54, 1.807) is 12.1 Å². The molecule has 0 spiro atoms. The highest BCUT2D eigenvalue weighted by Crippen LogP contribution is 2.21. The van der Waals surface area contributed by atoms with Crippen molar-refractivity contribution in [1.29, 1.82) is 0 Å². The fourth-order valence-electron chi connectivity index (χ4n) is 2.23. The normalized spacial score (nSPS) is 10.6. The summed E-state index contributed by atoms with van der Waals surface area (Å²) in [5.41, 5.74) is -0.137. The van der Waals surface area contributed by atoms with Gasteiger partial charge in [0.2, 0.25) is 16.9 Å². The van der Waals surface area contributed by atoms with E-state index in [1.807, 2.05) is 0 Å². The Labute approximate surface area is 140 Å². The molecule has 1 aromatic carbocycles. The summed E-state index contributed by atoms with van der Waals surface area (Å²) >= 11 is 0. The lowest BCUT2D eigenvalue weighted by Gasteiger charge is -2.01. The van der Waals surface area contributed by atoms with Crippen molar-refractivity contribution in [3.63, 3.8) is 0 Å². The first-order valence-electron chi connectivity index (χ1n) is 7.18. The van der Waals surface area contributed by atoms with Gasteiger partial charge in [-0.3, -0.25) is 14.4 Å². The van der Waals surface area contributed by atoms with E-state index in [9.17, 15) is 23.9 Å². The molecule has 2 aromatic heterocycles. The van der Waals surface area contributed by atoms with Crippen LogP contribution in [-0.4, -0.2) is 17.2 Å². The number of aldehydes is 1. The smallest absolute Gasteiger partial charge is 0.267 e. The maximum absolute atomic E-state index is 12.9. The minimum atomic E-state index is -0.908. The predicted octanol–water partition coefficient (Wildman–Crippen LogP) is 2.71. The molecule has 7 heteroatoms. The van der Waals surface area contributed by atoms with E-state index >= 15 is 0 Å². The van der Waals surface area contributed by atoms with Gasteiger partial charge < -0.3 is 13.9 Å². The molecular formula is C18H11FO6. The first-order valence-corrected chi connectivity index (χ1v) is 7.18. The van der Waals surface area contributed by atoms with Crippen molar-refractivity contribution >= 4 is 12.1 Å². The Morgan fingerprint density at radius 2 is 1.84 bits per heavy atom. The molecule has 0 aliphatic carbocycles. The average Bonchev–Trinajstić information content (AvgIpc) is 3.07. The molecule has 0 fully saturated rings. The third-order valence-corrected chi connectivity index (χ3v) is 3.44. The SMILES string of the molecule is O=Cc1cc(=O)c(O)c(C(=O)c2ccc(Cc3ccc(F)cc3)o2)o1. The molecule has 0 bridgehead atoms. The number of halogens is 1. The predicted molar refractivity (Wildman–Crippen MR) is 83.4 cm³/mol. The molecule has 25 heavy (non-hydrogen) atoms. The minimum Gasteiger partial charge on any atom is -0.501 e. The number of ketones is 1. The third-order valence-electron chi connectivity index (χ3n) is 3.44. The molecule has 0 atom stereocenters. The number of benzene rings is 1. The number of hydrogen-bond donors (Lipinski definition) is 1. The lowest BCUT2D eigenvalue weighted by Crippen LogP contribution is -2.09. The summed E-state index contributed by atoms with van der Waals surface area (Å²) in [5.74, 6) is -2.93. The third kappa shape index (κ3) is 3.40. The van der Waals surface area contributed by atoms with Gasteiger partial charge in [-0.2, -0.15) is 0 Å². The van der Waals surface area contributed by atoms with Crippen LogP contribution in [0.4, 0.5) is 4.39 Å². The van der Waals surface area contributed by atoms with Gasteiger partial charge in [0.1, 0.15) is 11.6 Å². The molecule has 0 aliphatic rings. The van der Waals surface area contributed by atoms with Crippen LogP contribution in [0.3, 0.4) is 0 Å². The number of carbonyl (C=O) groups excluding carboxylic acids is 2. The highest BCUT2D eigenvalue weighted by molar-refractivity contribution is 6.06. The highest BCUT2D eigenvalue weighted by atomic mass is 19.1. The first kappa shape index (κ1) is 16.4. The fraction of sp³-hybridized carbons (Fsp3) is 0.0556. The number of rotatable bonds is 5. The van der Waals surface area contributed by atoms with Crippen LogP contribution in [0.15, 0.2) is 56.1 Å². The maximum atomic E-state index is 12.9. The maximum Gasteiger partial charge on any atom is 0.267 e. The molecule has 2 heterocycles. The summed E-state index contributed by atoms with van der Waals surface area (Å²) in [6, 6.07) is 9.45. The number of hydrogen-bond acceptors (Lipinski definition) is 6. The van der Waals surface area contributed by atoms with Crippen LogP contribution >= 0.6 is 0 Å². The van der Waals surface area contributed by atoms with Crippen LogP contribution in [0.25, 0.3) is 0 Å². The lowest BCUT2D eigenvalue weighted by molar-refractivity contribution is 0.0968. The molecular weight excluding hydrogens is 331 g/mol. The van der Waals surface area contributed by atoms with Crippen molar-refractivity contribution in [2.45, 2.75) is 6.42 Å². The second-order valence-electron chi connectivity index (χ2n) is 5.21. The molecule has 3 rings (SSSR count). The molecule has 0 amide bonds. The van der Waals surface area contributed by atoms with Gasteiger partial charge >= 0.3 is 0 Å². The van der Waals surface area contributed by atoms with Crippen LogP contribution in [-0.2, 0) is 6.42 Å². The highest BCUT2D eigenvalue weighted by Gasteiger charge is 2.23. The monoisotopic (exact) mass is 342 g/mol. The molecule has 0 saturated heterocycles. The van der Waals surface area contributed by atoms with Crippen LogP contribution in [0.1, 0.15) is 38.2 Å². The molecule has 0 radical (unpaired) electrons. The van der Waals surface area contributed by atoms with Crippen LogP contribution < -0.4 is 5.43 Å². The first-order chi connectivity index (χ1) is 12.0. The Bertz CT molecular complexity index is 997. The van der Waals surface area contributed by atoms with Gasteiger partial charge in [0.15, 0.2) is 17.8 Å². The Morgan fingerprint density at radius 3 is 2.52 bits per heavy atom. The lowest BCUT2D eigenvalue weighted by atomic mass is 10.1. The summed E-state index contributed by atoms with van der Waals surface area (Å²) < 4.78 is 23.2. The Kier molecular flexibility index (Phi) is 4.30. The van der Waals surface area contributed by atoms with Gasteiger partial charge in [0.25, 0.3) is 5.78 Å². The molecule has 0 unspecified atom stereocenters. The Hall–Kier alpha value is -3.48. The largest absolute Gasteiger partial charge is 0.501 e.